The van der Waals surface area contributed by atoms with Crippen LogP contribution in [0.1, 0.15) is 35.4 Å². The summed E-state index contributed by atoms with van der Waals surface area (Å²) in [6.45, 7) is 2.34. The van der Waals surface area contributed by atoms with E-state index < -0.39 is 23.9 Å². The van der Waals surface area contributed by atoms with E-state index in [1.54, 1.807) is 24.3 Å². The van der Waals surface area contributed by atoms with E-state index in [2.05, 4.69) is 0 Å². The number of halogens is 2. The minimum absolute atomic E-state index is 0.220. The summed E-state index contributed by atoms with van der Waals surface area (Å²) in [7, 11) is 0. The van der Waals surface area contributed by atoms with E-state index in [9.17, 15) is 18.4 Å². The van der Waals surface area contributed by atoms with Crippen LogP contribution in [0.4, 0.5) is 8.78 Å². The molecule has 2 heterocycles. The molecule has 0 saturated heterocycles. The molecule has 0 radical (unpaired) electrons. The molecule has 142 valence electrons. The maximum Gasteiger partial charge on any atom is 0.308 e. The van der Waals surface area contributed by atoms with Crippen molar-refractivity contribution < 1.29 is 23.1 Å². The van der Waals surface area contributed by atoms with Gasteiger partial charge in [-0.05, 0) is 30.5 Å². The fourth-order valence-electron chi connectivity index (χ4n) is 3.63. The van der Waals surface area contributed by atoms with Crippen LogP contribution in [0.2, 0.25) is 0 Å². The number of hydrogen-bond acceptors (Lipinski definition) is 5. The normalized spacial score (nSPS) is 22.8. The number of Topliss-reactive ketones (excluding diaryl/α,β-unsaturated/α-hetero) is 1. The number of nitrogens with zero attached hydrogens (tertiary/aromatic N) is 1. The van der Waals surface area contributed by atoms with Crippen LogP contribution in [0.15, 0.2) is 30.3 Å². The molecule has 1 saturated carbocycles. The Labute approximate surface area is 159 Å². The van der Waals surface area contributed by atoms with Crippen LogP contribution in [-0.2, 0) is 22.6 Å². The molecule has 1 aliphatic heterocycles. The highest BCUT2D eigenvalue weighted by Gasteiger charge is 2.48. The molecule has 3 atom stereocenters. The average Bonchev–Trinajstić information content (AvgIpc) is 3.22. The molecule has 27 heavy (non-hydrogen) atoms. The maximum atomic E-state index is 14.5. The molecule has 0 bridgehead atoms. The second-order valence-corrected chi connectivity index (χ2v) is 8.11. The standard InChI is InChI=1S/C20H19F2NO3S/c1-11(24)26-18-8-12-10-23(7-6-17(12)27-18)19(20(25)14-9-16(14)22)13-4-2-3-5-15(13)21/h2-5,8,14,16,19H,6-7,9-10H2,1H3. The van der Waals surface area contributed by atoms with Crippen LogP contribution < -0.4 is 4.74 Å². The summed E-state index contributed by atoms with van der Waals surface area (Å²) >= 11 is 1.42. The highest BCUT2D eigenvalue weighted by atomic mass is 32.1. The van der Waals surface area contributed by atoms with Crippen molar-refractivity contribution in [3.8, 4) is 5.06 Å². The zero-order valence-electron chi connectivity index (χ0n) is 14.8. The number of carbonyl (C=O) groups is 2. The Morgan fingerprint density at radius 2 is 2.07 bits per heavy atom. The van der Waals surface area contributed by atoms with Crippen molar-refractivity contribution in [2.24, 2.45) is 5.92 Å². The van der Waals surface area contributed by atoms with Gasteiger partial charge < -0.3 is 4.74 Å². The second kappa shape index (κ2) is 7.13. The molecule has 4 rings (SSSR count). The zero-order chi connectivity index (χ0) is 19.1. The molecule has 4 nitrogen and oxygen atoms in total. The van der Waals surface area contributed by atoms with E-state index in [1.807, 2.05) is 4.90 Å². The molecule has 3 unspecified atom stereocenters. The van der Waals surface area contributed by atoms with Gasteiger partial charge in [0.2, 0.25) is 0 Å². The van der Waals surface area contributed by atoms with Gasteiger partial charge in [-0.2, -0.15) is 0 Å². The molecule has 0 amide bonds. The third-order valence-corrected chi connectivity index (χ3v) is 6.15. The third-order valence-electron chi connectivity index (χ3n) is 5.03. The quantitative estimate of drug-likeness (QED) is 0.727. The molecule has 1 aliphatic carbocycles. The predicted octanol–water partition coefficient (Wildman–Crippen LogP) is 3.84. The van der Waals surface area contributed by atoms with Crippen LogP contribution >= 0.6 is 11.3 Å². The molecular weight excluding hydrogens is 372 g/mol. The molecule has 2 aliphatic rings. The minimum atomic E-state index is -1.12. The van der Waals surface area contributed by atoms with E-state index in [0.717, 1.165) is 10.4 Å². The van der Waals surface area contributed by atoms with Gasteiger partial charge in [0.1, 0.15) is 12.0 Å². The SMILES string of the molecule is CC(=O)Oc1cc2c(s1)CCN(C(C(=O)C1CC1F)c1ccccc1F)C2. The lowest BCUT2D eigenvalue weighted by molar-refractivity contribution is -0.131. The summed E-state index contributed by atoms with van der Waals surface area (Å²) in [6, 6.07) is 7.19. The largest absolute Gasteiger partial charge is 0.416 e. The average molecular weight is 391 g/mol. The Morgan fingerprint density at radius 3 is 2.74 bits per heavy atom. The number of hydrogen-bond donors (Lipinski definition) is 0. The number of benzene rings is 1. The van der Waals surface area contributed by atoms with Gasteiger partial charge in [-0.3, -0.25) is 14.5 Å². The number of thiophene rings is 1. The van der Waals surface area contributed by atoms with Crippen LogP contribution in [0, 0.1) is 11.7 Å². The Balaban J connectivity index is 1.63. The number of alkyl halides is 1. The first-order valence-electron chi connectivity index (χ1n) is 8.90. The van der Waals surface area contributed by atoms with Crippen LogP contribution in [-0.4, -0.2) is 29.4 Å². The Morgan fingerprint density at radius 1 is 1.33 bits per heavy atom. The van der Waals surface area contributed by atoms with Gasteiger partial charge in [0, 0.05) is 30.5 Å². The van der Waals surface area contributed by atoms with Crippen molar-refractivity contribution in [2.75, 3.05) is 6.54 Å². The van der Waals surface area contributed by atoms with Crippen molar-refractivity contribution in [2.45, 2.75) is 38.5 Å². The van der Waals surface area contributed by atoms with E-state index in [1.165, 1.54) is 24.3 Å². The van der Waals surface area contributed by atoms with E-state index in [-0.39, 0.29) is 18.2 Å². The summed E-state index contributed by atoms with van der Waals surface area (Å²) in [5.41, 5.74) is 1.25. The third kappa shape index (κ3) is 3.66. The van der Waals surface area contributed by atoms with Crippen molar-refractivity contribution in [3.63, 3.8) is 0 Å². The van der Waals surface area contributed by atoms with E-state index >= 15 is 0 Å². The van der Waals surface area contributed by atoms with Crippen molar-refractivity contribution in [1.82, 2.24) is 4.90 Å². The number of rotatable bonds is 5. The first-order chi connectivity index (χ1) is 12.9. The van der Waals surface area contributed by atoms with Crippen molar-refractivity contribution >= 4 is 23.1 Å². The van der Waals surface area contributed by atoms with Gasteiger partial charge >= 0.3 is 5.97 Å². The molecule has 1 aromatic carbocycles. The Bertz CT molecular complexity index is 897. The predicted molar refractivity (Wildman–Crippen MR) is 96.9 cm³/mol. The molecule has 7 heteroatoms. The van der Waals surface area contributed by atoms with E-state index in [0.29, 0.717) is 30.1 Å². The molecular formula is C20H19F2NO3S. The van der Waals surface area contributed by atoms with Gasteiger partial charge in [-0.15, -0.1) is 11.3 Å². The Kier molecular flexibility index (Phi) is 4.82. The van der Waals surface area contributed by atoms with Crippen LogP contribution in [0.3, 0.4) is 0 Å². The van der Waals surface area contributed by atoms with E-state index in [4.69, 9.17) is 4.74 Å². The summed E-state index contributed by atoms with van der Waals surface area (Å²) in [5, 5.41) is 0.522. The number of fused-ring (bicyclic) bond motifs is 1. The molecule has 1 fully saturated rings. The number of carbonyl (C=O) groups excluding carboxylic acids is 2. The smallest absolute Gasteiger partial charge is 0.308 e. The van der Waals surface area contributed by atoms with Gasteiger partial charge in [0.05, 0.1) is 12.0 Å². The Hall–Kier alpha value is -2.12. The first-order valence-corrected chi connectivity index (χ1v) is 9.72. The van der Waals surface area contributed by atoms with Gasteiger partial charge in [-0.1, -0.05) is 18.2 Å². The monoisotopic (exact) mass is 391 g/mol. The van der Waals surface area contributed by atoms with Crippen molar-refractivity contribution in [1.29, 1.82) is 0 Å². The number of ether oxygens (including phenoxy) is 1. The lowest BCUT2D eigenvalue weighted by Gasteiger charge is -2.34. The highest BCUT2D eigenvalue weighted by molar-refractivity contribution is 7.14. The topological polar surface area (TPSA) is 46.6 Å². The molecule has 1 aromatic heterocycles. The molecule has 0 spiro atoms. The second-order valence-electron chi connectivity index (χ2n) is 7.01. The van der Waals surface area contributed by atoms with Crippen LogP contribution in [0.5, 0.6) is 5.06 Å². The minimum Gasteiger partial charge on any atom is -0.416 e. The summed E-state index contributed by atoms with van der Waals surface area (Å²) in [5.74, 6) is -1.74. The number of esters is 1. The molecule has 2 aromatic rings. The molecule has 0 N–H and O–H groups in total. The maximum absolute atomic E-state index is 14.5. The fraction of sp³-hybridized carbons (Fsp3) is 0.400. The summed E-state index contributed by atoms with van der Waals surface area (Å²) in [4.78, 5) is 27.1. The zero-order valence-corrected chi connectivity index (χ0v) is 15.6. The summed E-state index contributed by atoms with van der Waals surface area (Å²) in [6.07, 6.45) is -0.231. The van der Waals surface area contributed by atoms with Gasteiger partial charge in [0.25, 0.3) is 0 Å². The lowest BCUT2D eigenvalue weighted by Crippen LogP contribution is -2.39. The first kappa shape index (κ1) is 18.3. The number of ketones is 1. The van der Waals surface area contributed by atoms with Gasteiger partial charge in [0.15, 0.2) is 10.8 Å². The lowest BCUT2D eigenvalue weighted by atomic mass is 9.95. The highest BCUT2D eigenvalue weighted by Crippen LogP contribution is 2.42. The fourth-order valence-corrected chi connectivity index (χ4v) is 4.68. The van der Waals surface area contributed by atoms with Crippen LogP contribution in [0.25, 0.3) is 0 Å². The summed E-state index contributed by atoms with van der Waals surface area (Å²) < 4.78 is 33.2. The van der Waals surface area contributed by atoms with Gasteiger partial charge in [-0.25, -0.2) is 8.78 Å². The van der Waals surface area contributed by atoms with Crippen molar-refractivity contribution in [3.05, 3.63) is 52.2 Å².